The zero-order chi connectivity index (χ0) is 13.0. The molecule has 98 valence electrons. The van der Waals surface area contributed by atoms with E-state index in [9.17, 15) is 15.0 Å². The number of aliphatic hydroxyl groups is 1. The fraction of sp³-hybridized carbons (Fsp3) is 0.500. The maximum atomic E-state index is 11.6. The van der Waals surface area contributed by atoms with E-state index in [0.717, 1.165) is 24.8 Å². The number of hydrogen-bond donors (Lipinski definition) is 3. The fourth-order valence-electron chi connectivity index (χ4n) is 2.08. The zero-order valence-electron chi connectivity index (χ0n) is 10.4. The Morgan fingerprint density at radius 2 is 2.06 bits per heavy atom. The van der Waals surface area contributed by atoms with E-state index in [1.54, 1.807) is 12.1 Å². The summed E-state index contributed by atoms with van der Waals surface area (Å²) in [4.78, 5) is 11.6. The van der Waals surface area contributed by atoms with Crippen molar-refractivity contribution in [3.05, 3.63) is 29.8 Å². The van der Waals surface area contributed by atoms with Crippen LogP contribution in [0.25, 0.3) is 0 Å². The third-order valence-electron chi connectivity index (χ3n) is 3.51. The summed E-state index contributed by atoms with van der Waals surface area (Å²) in [6.45, 7) is 0.340. The van der Waals surface area contributed by atoms with Crippen molar-refractivity contribution >= 4 is 5.91 Å². The number of benzene rings is 1. The molecule has 0 spiro atoms. The van der Waals surface area contributed by atoms with Crippen molar-refractivity contribution < 1.29 is 15.0 Å². The Morgan fingerprint density at radius 3 is 2.67 bits per heavy atom. The third kappa shape index (κ3) is 3.23. The lowest BCUT2D eigenvalue weighted by atomic mass is 9.80. The van der Waals surface area contributed by atoms with Crippen molar-refractivity contribution in [3.8, 4) is 5.75 Å². The van der Waals surface area contributed by atoms with Crippen molar-refractivity contribution in [3.63, 3.8) is 0 Å². The first-order chi connectivity index (χ1) is 8.59. The lowest BCUT2D eigenvalue weighted by Crippen LogP contribution is -2.47. The minimum atomic E-state index is -0.676. The van der Waals surface area contributed by atoms with Crippen LogP contribution in [-0.2, 0) is 11.2 Å². The summed E-state index contributed by atoms with van der Waals surface area (Å²) in [7, 11) is 0. The molecule has 0 aliphatic heterocycles. The molecule has 2 rings (SSSR count). The predicted octanol–water partition coefficient (Wildman–Crippen LogP) is 1.36. The Balaban J connectivity index is 1.73. The molecule has 0 aromatic heterocycles. The second-order valence-corrected chi connectivity index (χ2v) is 4.98. The molecule has 1 amide bonds. The van der Waals surface area contributed by atoms with Gasteiger partial charge in [-0.3, -0.25) is 4.79 Å². The van der Waals surface area contributed by atoms with E-state index in [1.165, 1.54) is 0 Å². The number of amides is 1. The van der Waals surface area contributed by atoms with E-state index in [4.69, 9.17) is 0 Å². The lowest BCUT2D eigenvalue weighted by Gasteiger charge is -2.36. The van der Waals surface area contributed by atoms with Crippen LogP contribution in [0.15, 0.2) is 24.3 Å². The van der Waals surface area contributed by atoms with Gasteiger partial charge >= 0.3 is 0 Å². The van der Waals surface area contributed by atoms with Crippen LogP contribution in [0.5, 0.6) is 5.75 Å². The van der Waals surface area contributed by atoms with Crippen molar-refractivity contribution in [2.45, 2.75) is 37.7 Å². The van der Waals surface area contributed by atoms with Gasteiger partial charge in [-0.1, -0.05) is 18.2 Å². The number of rotatable bonds is 5. The summed E-state index contributed by atoms with van der Waals surface area (Å²) in [6, 6.07) is 7.02. The van der Waals surface area contributed by atoms with Gasteiger partial charge in [0, 0.05) is 13.0 Å². The standard InChI is InChI=1S/C14H19NO3/c16-12-5-2-1-4-11(12)6-7-13(17)15-10-14(18)8-3-9-14/h1-2,4-5,16,18H,3,6-10H2,(H,15,17). The van der Waals surface area contributed by atoms with Crippen molar-refractivity contribution in [2.75, 3.05) is 6.54 Å². The molecule has 1 fully saturated rings. The summed E-state index contributed by atoms with van der Waals surface area (Å²) >= 11 is 0. The molecule has 4 heteroatoms. The summed E-state index contributed by atoms with van der Waals surface area (Å²) in [5, 5.41) is 22.1. The topological polar surface area (TPSA) is 69.6 Å². The van der Waals surface area contributed by atoms with Crippen LogP contribution < -0.4 is 5.32 Å². The summed E-state index contributed by atoms with van der Waals surface area (Å²) in [6.07, 6.45) is 3.41. The number of aryl methyl sites for hydroxylation is 1. The monoisotopic (exact) mass is 249 g/mol. The number of para-hydroxylation sites is 1. The quantitative estimate of drug-likeness (QED) is 0.738. The molecular weight excluding hydrogens is 230 g/mol. The Morgan fingerprint density at radius 1 is 1.33 bits per heavy atom. The number of nitrogens with one attached hydrogen (secondary N) is 1. The number of carbonyl (C=O) groups is 1. The van der Waals surface area contributed by atoms with E-state index in [0.29, 0.717) is 19.4 Å². The molecule has 1 aliphatic rings. The van der Waals surface area contributed by atoms with Crippen LogP contribution in [0.3, 0.4) is 0 Å². The van der Waals surface area contributed by atoms with Crippen LogP contribution in [0.1, 0.15) is 31.2 Å². The number of hydrogen-bond acceptors (Lipinski definition) is 3. The molecule has 0 heterocycles. The SMILES string of the molecule is O=C(CCc1ccccc1O)NCC1(O)CCC1. The van der Waals surface area contributed by atoms with Crippen LogP contribution in [0.4, 0.5) is 0 Å². The molecule has 3 N–H and O–H groups in total. The van der Waals surface area contributed by atoms with Gasteiger partial charge in [0.15, 0.2) is 0 Å². The highest BCUT2D eigenvalue weighted by Crippen LogP contribution is 2.30. The predicted molar refractivity (Wildman–Crippen MR) is 68.2 cm³/mol. The van der Waals surface area contributed by atoms with Crippen LogP contribution in [-0.4, -0.2) is 28.3 Å². The molecule has 4 nitrogen and oxygen atoms in total. The molecule has 1 saturated carbocycles. The van der Waals surface area contributed by atoms with Crippen LogP contribution in [0.2, 0.25) is 0 Å². The van der Waals surface area contributed by atoms with Crippen molar-refractivity contribution in [1.29, 1.82) is 0 Å². The Labute approximate surface area is 107 Å². The van der Waals surface area contributed by atoms with Gasteiger partial charge in [-0.05, 0) is 37.3 Å². The molecule has 1 aromatic carbocycles. The first kappa shape index (κ1) is 12.9. The molecule has 0 radical (unpaired) electrons. The molecule has 0 saturated heterocycles. The molecular formula is C14H19NO3. The maximum absolute atomic E-state index is 11.6. The highest BCUT2D eigenvalue weighted by Gasteiger charge is 2.34. The van der Waals surface area contributed by atoms with E-state index in [1.807, 2.05) is 12.1 Å². The van der Waals surface area contributed by atoms with Gasteiger partial charge in [0.2, 0.25) is 5.91 Å². The summed E-state index contributed by atoms with van der Waals surface area (Å²) in [5.41, 5.74) is 0.0971. The first-order valence-electron chi connectivity index (χ1n) is 6.35. The summed E-state index contributed by atoms with van der Waals surface area (Å²) in [5.74, 6) is 0.140. The number of phenolic OH excluding ortho intramolecular Hbond substituents is 1. The smallest absolute Gasteiger partial charge is 0.220 e. The van der Waals surface area contributed by atoms with Gasteiger partial charge in [-0.2, -0.15) is 0 Å². The third-order valence-corrected chi connectivity index (χ3v) is 3.51. The Kier molecular flexibility index (Phi) is 3.87. The molecule has 0 bridgehead atoms. The first-order valence-corrected chi connectivity index (χ1v) is 6.35. The second-order valence-electron chi connectivity index (χ2n) is 4.98. The Bertz CT molecular complexity index is 427. The van der Waals surface area contributed by atoms with Crippen molar-refractivity contribution in [1.82, 2.24) is 5.32 Å². The molecule has 1 aliphatic carbocycles. The van der Waals surface area contributed by atoms with E-state index in [-0.39, 0.29) is 11.7 Å². The van der Waals surface area contributed by atoms with Crippen molar-refractivity contribution in [2.24, 2.45) is 0 Å². The minimum absolute atomic E-state index is 0.0846. The van der Waals surface area contributed by atoms with E-state index < -0.39 is 5.60 Å². The average Bonchev–Trinajstić information content (AvgIpc) is 2.33. The number of phenols is 1. The van der Waals surface area contributed by atoms with E-state index >= 15 is 0 Å². The average molecular weight is 249 g/mol. The number of carbonyl (C=O) groups excluding carboxylic acids is 1. The molecule has 0 unspecified atom stereocenters. The normalized spacial score (nSPS) is 16.9. The molecule has 18 heavy (non-hydrogen) atoms. The highest BCUT2D eigenvalue weighted by atomic mass is 16.3. The molecule has 1 aromatic rings. The van der Waals surface area contributed by atoms with Gasteiger partial charge in [0.05, 0.1) is 5.60 Å². The van der Waals surface area contributed by atoms with Gasteiger partial charge < -0.3 is 15.5 Å². The van der Waals surface area contributed by atoms with Crippen LogP contribution >= 0.6 is 0 Å². The van der Waals surface area contributed by atoms with Gasteiger partial charge in [0.25, 0.3) is 0 Å². The van der Waals surface area contributed by atoms with E-state index in [2.05, 4.69) is 5.32 Å². The summed E-state index contributed by atoms with van der Waals surface area (Å²) < 4.78 is 0. The minimum Gasteiger partial charge on any atom is -0.508 e. The van der Waals surface area contributed by atoms with Gasteiger partial charge in [-0.25, -0.2) is 0 Å². The molecule has 0 atom stereocenters. The maximum Gasteiger partial charge on any atom is 0.220 e. The second kappa shape index (κ2) is 5.40. The number of aromatic hydroxyl groups is 1. The van der Waals surface area contributed by atoms with Gasteiger partial charge in [0.1, 0.15) is 5.75 Å². The fourth-order valence-corrected chi connectivity index (χ4v) is 2.08. The zero-order valence-corrected chi connectivity index (χ0v) is 10.4. The lowest BCUT2D eigenvalue weighted by molar-refractivity contribution is -0.123. The highest BCUT2D eigenvalue weighted by molar-refractivity contribution is 5.76. The van der Waals surface area contributed by atoms with Crippen LogP contribution in [0, 0.1) is 0 Å². The largest absolute Gasteiger partial charge is 0.508 e. The van der Waals surface area contributed by atoms with Gasteiger partial charge in [-0.15, -0.1) is 0 Å². The Hall–Kier alpha value is -1.55.